The van der Waals surface area contributed by atoms with Gasteiger partial charge in [0.05, 0.1) is 5.02 Å². The lowest BCUT2D eigenvalue weighted by Gasteiger charge is -2.19. The average Bonchev–Trinajstić information content (AvgIpc) is 2.40. The monoisotopic (exact) mass is 287 g/mol. The fourth-order valence-corrected chi connectivity index (χ4v) is 2.16. The van der Waals surface area contributed by atoms with E-state index < -0.39 is 0 Å². The maximum Gasteiger partial charge on any atom is 0.167 e. The van der Waals surface area contributed by atoms with Crippen LogP contribution in [0.15, 0.2) is 42.7 Å². The molecule has 3 heteroatoms. The molecular weight excluding hydrogens is 270 g/mol. The Bertz CT molecular complexity index is 612. The van der Waals surface area contributed by atoms with E-state index >= 15 is 0 Å². The third kappa shape index (κ3) is 3.45. The number of nitrogens with zero attached hydrogens (tertiary/aromatic N) is 1. The van der Waals surface area contributed by atoms with Crippen LogP contribution in [0.4, 0.5) is 0 Å². The Morgan fingerprint density at radius 1 is 1.15 bits per heavy atom. The summed E-state index contributed by atoms with van der Waals surface area (Å²) in [5.41, 5.74) is 2.84. The molecule has 2 nitrogen and oxygen atoms in total. The van der Waals surface area contributed by atoms with Crippen molar-refractivity contribution in [1.29, 1.82) is 0 Å². The van der Waals surface area contributed by atoms with Gasteiger partial charge in [-0.15, -0.1) is 0 Å². The molecule has 1 aromatic carbocycles. The normalized spacial score (nSPS) is 11.4. The standard InChI is InChI=1S/C17H18ClNO/c1-17(2,3)14-6-4-12(5-7-14)16(20)10-13-8-9-19-11-15(13)18/h4-9,11H,10H2,1-3H3. The highest BCUT2D eigenvalue weighted by Crippen LogP contribution is 2.23. The van der Waals surface area contributed by atoms with Crippen LogP contribution in [0.2, 0.25) is 5.02 Å². The zero-order valence-electron chi connectivity index (χ0n) is 12.0. The number of carbonyl (C=O) groups is 1. The second kappa shape index (κ2) is 5.76. The second-order valence-electron chi connectivity index (χ2n) is 5.89. The van der Waals surface area contributed by atoms with Crippen LogP contribution in [0.1, 0.15) is 42.3 Å². The van der Waals surface area contributed by atoms with Gasteiger partial charge in [-0.05, 0) is 22.6 Å². The SMILES string of the molecule is CC(C)(C)c1ccc(C(=O)Cc2ccncc2Cl)cc1. The van der Waals surface area contributed by atoms with Crippen molar-refractivity contribution in [2.45, 2.75) is 32.6 Å². The van der Waals surface area contributed by atoms with Gasteiger partial charge in [0.2, 0.25) is 0 Å². The van der Waals surface area contributed by atoms with Crippen LogP contribution in [0, 0.1) is 0 Å². The molecule has 0 aliphatic heterocycles. The number of hydrogen-bond acceptors (Lipinski definition) is 2. The number of carbonyl (C=O) groups excluding carboxylic acids is 1. The molecule has 1 aromatic heterocycles. The lowest BCUT2D eigenvalue weighted by Crippen LogP contribution is -2.11. The molecule has 0 bridgehead atoms. The average molecular weight is 288 g/mol. The van der Waals surface area contributed by atoms with Crippen molar-refractivity contribution < 1.29 is 4.79 Å². The molecule has 2 rings (SSSR count). The van der Waals surface area contributed by atoms with E-state index in [1.807, 2.05) is 24.3 Å². The first-order valence-electron chi connectivity index (χ1n) is 6.60. The van der Waals surface area contributed by atoms with Crippen molar-refractivity contribution in [3.05, 3.63) is 64.4 Å². The van der Waals surface area contributed by atoms with E-state index in [1.54, 1.807) is 18.5 Å². The highest BCUT2D eigenvalue weighted by atomic mass is 35.5. The molecule has 0 saturated heterocycles. The summed E-state index contributed by atoms with van der Waals surface area (Å²) in [5.74, 6) is 0.0681. The molecule has 20 heavy (non-hydrogen) atoms. The van der Waals surface area contributed by atoms with Gasteiger partial charge < -0.3 is 0 Å². The molecule has 104 valence electrons. The Kier molecular flexibility index (Phi) is 4.24. The Morgan fingerprint density at radius 3 is 2.35 bits per heavy atom. The van der Waals surface area contributed by atoms with Crippen molar-refractivity contribution >= 4 is 17.4 Å². The van der Waals surface area contributed by atoms with Crippen molar-refractivity contribution in [3.63, 3.8) is 0 Å². The van der Waals surface area contributed by atoms with E-state index in [4.69, 9.17) is 11.6 Å². The molecular formula is C17H18ClNO. The first-order chi connectivity index (χ1) is 9.38. The van der Waals surface area contributed by atoms with E-state index in [2.05, 4.69) is 25.8 Å². The third-order valence-corrected chi connectivity index (χ3v) is 3.62. The molecule has 0 amide bonds. The first-order valence-corrected chi connectivity index (χ1v) is 6.98. The number of pyridine rings is 1. The van der Waals surface area contributed by atoms with E-state index in [0.717, 1.165) is 5.56 Å². The van der Waals surface area contributed by atoms with E-state index in [0.29, 0.717) is 17.0 Å². The molecule has 0 fully saturated rings. The van der Waals surface area contributed by atoms with Crippen molar-refractivity contribution in [3.8, 4) is 0 Å². The first kappa shape index (κ1) is 14.7. The Hall–Kier alpha value is -1.67. The number of ketones is 1. The maximum atomic E-state index is 12.2. The minimum absolute atomic E-state index is 0.0681. The highest BCUT2D eigenvalue weighted by Gasteiger charge is 2.15. The van der Waals surface area contributed by atoms with Crippen LogP contribution in [0.25, 0.3) is 0 Å². The number of rotatable bonds is 3. The summed E-state index contributed by atoms with van der Waals surface area (Å²) in [4.78, 5) is 16.2. The zero-order valence-corrected chi connectivity index (χ0v) is 12.7. The second-order valence-corrected chi connectivity index (χ2v) is 6.30. The molecule has 0 atom stereocenters. The summed E-state index contributed by atoms with van der Waals surface area (Å²) >= 11 is 6.03. The molecule has 0 unspecified atom stereocenters. The third-order valence-electron chi connectivity index (χ3n) is 3.28. The van der Waals surface area contributed by atoms with E-state index in [1.165, 1.54) is 5.56 Å². The maximum absolute atomic E-state index is 12.2. The summed E-state index contributed by atoms with van der Waals surface area (Å²) in [6, 6.07) is 9.59. The minimum Gasteiger partial charge on any atom is -0.294 e. The summed E-state index contributed by atoms with van der Waals surface area (Å²) < 4.78 is 0. The van der Waals surface area contributed by atoms with Crippen LogP contribution in [-0.2, 0) is 11.8 Å². The van der Waals surface area contributed by atoms with E-state index in [-0.39, 0.29) is 11.2 Å². The molecule has 0 radical (unpaired) electrons. The lowest BCUT2D eigenvalue weighted by molar-refractivity contribution is 0.0993. The molecule has 1 heterocycles. The van der Waals surface area contributed by atoms with E-state index in [9.17, 15) is 4.79 Å². The quantitative estimate of drug-likeness (QED) is 0.780. The topological polar surface area (TPSA) is 30.0 Å². The fraction of sp³-hybridized carbons (Fsp3) is 0.294. The van der Waals surface area contributed by atoms with Gasteiger partial charge in [0.25, 0.3) is 0 Å². The smallest absolute Gasteiger partial charge is 0.167 e. The Labute approximate surface area is 124 Å². The summed E-state index contributed by atoms with van der Waals surface area (Å²) in [5, 5.41) is 0.534. The minimum atomic E-state index is 0.0681. The molecule has 0 aliphatic carbocycles. The van der Waals surface area contributed by atoms with Crippen molar-refractivity contribution in [2.24, 2.45) is 0 Å². The number of halogens is 1. The number of benzene rings is 1. The molecule has 0 aliphatic rings. The van der Waals surface area contributed by atoms with Gasteiger partial charge >= 0.3 is 0 Å². The van der Waals surface area contributed by atoms with Crippen molar-refractivity contribution in [1.82, 2.24) is 4.98 Å². The predicted octanol–water partition coefficient (Wildman–Crippen LogP) is 4.46. The molecule has 0 N–H and O–H groups in total. The molecule has 0 spiro atoms. The van der Waals surface area contributed by atoms with Gasteiger partial charge in [-0.1, -0.05) is 56.6 Å². The lowest BCUT2D eigenvalue weighted by atomic mass is 9.86. The summed E-state index contributed by atoms with van der Waals surface area (Å²) in [6.45, 7) is 6.46. The van der Waals surface area contributed by atoms with Gasteiger partial charge in [0.1, 0.15) is 0 Å². The van der Waals surface area contributed by atoms with Gasteiger partial charge in [0, 0.05) is 24.4 Å². The van der Waals surface area contributed by atoms with Crippen LogP contribution >= 0.6 is 11.6 Å². The van der Waals surface area contributed by atoms with Gasteiger partial charge in [-0.25, -0.2) is 0 Å². The number of hydrogen-bond donors (Lipinski definition) is 0. The van der Waals surface area contributed by atoms with Crippen LogP contribution in [0.3, 0.4) is 0 Å². The number of Topliss-reactive ketones (excluding diaryl/α,β-unsaturated/α-hetero) is 1. The van der Waals surface area contributed by atoms with Crippen molar-refractivity contribution in [2.75, 3.05) is 0 Å². The summed E-state index contributed by atoms with van der Waals surface area (Å²) in [6.07, 6.45) is 3.51. The van der Waals surface area contributed by atoms with Gasteiger partial charge in [-0.3, -0.25) is 9.78 Å². The zero-order chi connectivity index (χ0) is 14.8. The highest BCUT2D eigenvalue weighted by molar-refractivity contribution is 6.31. The van der Waals surface area contributed by atoms with Crippen LogP contribution in [-0.4, -0.2) is 10.8 Å². The Balaban J connectivity index is 2.16. The largest absolute Gasteiger partial charge is 0.294 e. The van der Waals surface area contributed by atoms with Gasteiger partial charge in [-0.2, -0.15) is 0 Å². The van der Waals surface area contributed by atoms with Gasteiger partial charge in [0.15, 0.2) is 5.78 Å². The Morgan fingerprint density at radius 2 is 1.80 bits per heavy atom. The number of aromatic nitrogens is 1. The van der Waals surface area contributed by atoms with Crippen LogP contribution in [0.5, 0.6) is 0 Å². The fourth-order valence-electron chi connectivity index (χ4n) is 1.98. The summed E-state index contributed by atoms with van der Waals surface area (Å²) in [7, 11) is 0. The van der Waals surface area contributed by atoms with Crippen LogP contribution < -0.4 is 0 Å². The molecule has 0 saturated carbocycles. The predicted molar refractivity (Wildman–Crippen MR) is 82.4 cm³/mol. The molecule has 2 aromatic rings.